The first kappa shape index (κ1) is 10.9. The molecule has 0 spiro atoms. The molecule has 0 bridgehead atoms. The minimum atomic E-state index is -0.666. The highest BCUT2D eigenvalue weighted by Gasteiger charge is 2.55. The second-order valence-corrected chi connectivity index (χ2v) is 5.40. The number of rotatable bonds is 3. The molecule has 1 amide bonds. The highest BCUT2D eigenvalue weighted by Crippen LogP contribution is 2.47. The molecule has 15 heavy (non-hydrogen) atoms. The number of nitrogens with zero attached hydrogens (tertiary/aromatic N) is 1. The number of hydrogen-bond acceptors (Lipinski definition) is 3. The first-order valence-electron chi connectivity index (χ1n) is 5.65. The molecule has 2 fully saturated rings. The quantitative estimate of drug-likeness (QED) is 0.689. The van der Waals surface area contributed by atoms with Gasteiger partial charge in [0.1, 0.15) is 5.60 Å². The van der Waals surface area contributed by atoms with Crippen LogP contribution in [-0.2, 0) is 4.79 Å². The summed E-state index contributed by atoms with van der Waals surface area (Å²) in [5.41, 5.74) is 4.67. The van der Waals surface area contributed by atoms with E-state index in [1.165, 1.54) is 0 Å². The Hall–Kier alpha value is -0.610. The number of carbonyl (C=O) groups excluding carboxylic acids is 1. The summed E-state index contributed by atoms with van der Waals surface area (Å²) in [4.78, 5) is 13.7. The van der Waals surface area contributed by atoms with Gasteiger partial charge in [0, 0.05) is 6.54 Å². The largest absolute Gasteiger partial charge is 0.386 e. The Labute approximate surface area is 90.4 Å². The molecular weight excluding hydrogens is 192 g/mol. The van der Waals surface area contributed by atoms with Crippen molar-refractivity contribution in [2.75, 3.05) is 19.6 Å². The van der Waals surface area contributed by atoms with Crippen LogP contribution in [0.15, 0.2) is 0 Å². The molecule has 0 aromatic rings. The standard InChI is InChI=1S/C11H20N2O2/c1-8(2)11(15)6-13(7-11)9(14)10(5-12)3-4-10/h8,15H,3-7,12H2,1-2H3. The smallest absolute Gasteiger partial charge is 0.230 e. The zero-order valence-electron chi connectivity index (χ0n) is 9.49. The molecule has 86 valence electrons. The van der Waals surface area contributed by atoms with Gasteiger partial charge in [-0.25, -0.2) is 0 Å². The number of carbonyl (C=O) groups is 1. The first-order valence-corrected chi connectivity index (χ1v) is 5.65. The molecule has 0 aromatic carbocycles. The zero-order chi connectivity index (χ0) is 11.3. The summed E-state index contributed by atoms with van der Waals surface area (Å²) < 4.78 is 0. The van der Waals surface area contributed by atoms with E-state index in [-0.39, 0.29) is 17.2 Å². The molecule has 4 nitrogen and oxygen atoms in total. The number of amides is 1. The lowest BCUT2D eigenvalue weighted by Crippen LogP contribution is -2.67. The Morgan fingerprint density at radius 2 is 2.00 bits per heavy atom. The lowest BCUT2D eigenvalue weighted by molar-refractivity contribution is -0.168. The maximum atomic E-state index is 12.0. The maximum absolute atomic E-state index is 12.0. The van der Waals surface area contributed by atoms with Gasteiger partial charge in [0.05, 0.1) is 18.5 Å². The van der Waals surface area contributed by atoms with E-state index in [9.17, 15) is 9.90 Å². The topological polar surface area (TPSA) is 66.6 Å². The van der Waals surface area contributed by atoms with Crippen LogP contribution in [0.5, 0.6) is 0 Å². The van der Waals surface area contributed by atoms with Crippen molar-refractivity contribution in [2.24, 2.45) is 17.1 Å². The Bertz CT molecular complexity index is 278. The fourth-order valence-electron chi connectivity index (χ4n) is 2.12. The van der Waals surface area contributed by atoms with Crippen molar-refractivity contribution >= 4 is 5.91 Å². The summed E-state index contributed by atoms with van der Waals surface area (Å²) in [7, 11) is 0. The summed E-state index contributed by atoms with van der Waals surface area (Å²) in [6, 6.07) is 0. The van der Waals surface area contributed by atoms with Crippen molar-refractivity contribution in [3.8, 4) is 0 Å². The molecule has 1 saturated heterocycles. The van der Waals surface area contributed by atoms with Crippen LogP contribution in [0.4, 0.5) is 0 Å². The highest BCUT2D eigenvalue weighted by molar-refractivity contribution is 5.86. The third-order valence-electron chi connectivity index (χ3n) is 3.99. The van der Waals surface area contributed by atoms with Crippen LogP contribution >= 0.6 is 0 Å². The summed E-state index contributed by atoms with van der Waals surface area (Å²) in [6.45, 7) is 5.37. The predicted octanol–water partition coefficient (Wildman–Crippen LogP) is -0.0454. The van der Waals surface area contributed by atoms with E-state index in [0.717, 1.165) is 12.8 Å². The van der Waals surface area contributed by atoms with E-state index in [1.807, 2.05) is 13.8 Å². The van der Waals surface area contributed by atoms with E-state index in [0.29, 0.717) is 19.6 Å². The van der Waals surface area contributed by atoms with Crippen LogP contribution in [-0.4, -0.2) is 41.1 Å². The van der Waals surface area contributed by atoms with E-state index in [1.54, 1.807) is 4.90 Å². The molecule has 1 aliphatic carbocycles. The molecule has 1 saturated carbocycles. The van der Waals surface area contributed by atoms with Gasteiger partial charge in [-0.15, -0.1) is 0 Å². The molecule has 1 aliphatic heterocycles. The number of hydrogen-bond donors (Lipinski definition) is 2. The molecule has 2 rings (SSSR count). The number of nitrogens with two attached hydrogens (primary N) is 1. The molecule has 1 heterocycles. The van der Waals surface area contributed by atoms with Gasteiger partial charge in [0.25, 0.3) is 0 Å². The molecule has 4 heteroatoms. The average molecular weight is 212 g/mol. The van der Waals surface area contributed by atoms with Crippen LogP contribution in [0.2, 0.25) is 0 Å². The summed E-state index contributed by atoms with van der Waals surface area (Å²) in [6.07, 6.45) is 1.83. The van der Waals surface area contributed by atoms with Crippen LogP contribution in [0.1, 0.15) is 26.7 Å². The van der Waals surface area contributed by atoms with Crippen molar-refractivity contribution in [1.29, 1.82) is 0 Å². The van der Waals surface area contributed by atoms with Crippen LogP contribution in [0.3, 0.4) is 0 Å². The summed E-state index contributed by atoms with van der Waals surface area (Å²) >= 11 is 0. The molecular formula is C11H20N2O2. The Kier molecular flexibility index (Phi) is 2.32. The third kappa shape index (κ3) is 1.56. The lowest BCUT2D eigenvalue weighted by atomic mass is 9.82. The third-order valence-corrected chi connectivity index (χ3v) is 3.99. The molecule has 0 unspecified atom stereocenters. The number of β-amino-alcohol motifs (C(OH)–C–C–N with tert-alkyl or cyclic N) is 1. The van der Waals surface area contributed by atoms with Crippen molar-refractivity contribution in [3.63, 3.8) is 0 Å². The molecule has 0 radical (unpaired) electrons. The van der Waals surface area contributed by atoms with E-state index in [4.69, 9.17) is 5.73 Å². The van der Waals surface area contributed by atoms with Crippen molar-refractivity contribution in [3.05, 3.63) is 0 Å². The van der Waals surface area contributed by atoms with Gasteiger partial charge in [-0.3, -0.25) is 4.79 Å². The van der Waals surface area contributed by atoms with Gasteiger partial charge in [-0.2, -0.15) is 0 Å². The van der Waals surface area contributed by atoms with Crippen LogP contribution < -0.4 is 5.73 Å². The Morgan fingerprint density at radius 1 is 1.47 bits per heavy atom. The minimum Gasteiger partial charge on any atom is -0.386 e. The van der Waals surface area contributed by atoms with Gasteiger partial charge in [-0.1, -0.05) is 13.8 Å². The average Bonchev–Trinajstić information content (AvgIpc) is 2.92. The molecule has 2 aliphatic rings. The second-order valence-electron chi connectivity index (χ2n) is 5.40. The molecule has 0 aromatic heterocycles. The van der Waals surface area contributed by atoms with Crippen molar-refractivity contribution in [1.82, 2.24) is 4.90 Å². The predicted molar refractivity (Wildman–Crippen MR) is 57.1 cm³/mol. The normalized spacial score (nSPS) is 26.3. The molecule has 0 atom stereocenters. The fourth-order valence-corrected chi connectivity index (χ4v) is 2.12. The zero-order valence-corrected chi connectivity index (χ0v) is 9.49. The summed E-state index contributed by atoms with van der Waals surface area (Å²) in [5.74, 6) is 0.352. The van der Waals surface area contributed by atoms with E-state index in [2.05, 4.69) is 0 Å². The van der Waals surface area contributed by atoms with Crippen LogP contribution in [0, 0.1) is 11.3 Å². The number of aliphatic hydroxyl groups is 1. The summed E-state index contributed by atoms with van der Waals surface area (Å²) in [5, 5.41) is 10.0. The van der Waals surface area contributed by atoms with Gasteiger partial charge in [0.15, 0.2) is 0 Å². The monoisotopic (exact) mass is 212 g/mol. The fraction of sp³-hybridized carbons (Fsp3) is 0.909. The van der Waals surface area contributed by atoms with Crippen molar-refractivity contribution in [2.45, 2.75) is 32.3 Å². The second kappa shape index (κ2) is 3.19. The first-order chi connectivity index (χ1) is 6.93. The SMILES string of the molecule is CC(C)C1(O)CN(C(=O)C2(CN)CC2)C1. The lowest BCUT2D eigenvalue weighted by Gasteiger charge is -2.50. The highest BCUT2D eigenvalue weighted by atomic mass is 16.3. The maximum Gasteiger partial charge on any atom is 0.230 e. The van der Waals surface area contributed by atoms with E-state index < -0.39 is 5.60 Å². The minimum absolute atomic E-state index is 0.148. The van der Waals surface area contributed by atoms with Gasteiger partial charge in [-0.05, 0) is 18.8 Å². The Morgan fingerprint density at radius 3 is 2.33 bits per heavy atom. The van der Waals surface area contributed by atoms with Gasteiger partial charge >= 0.3 is 0 Å². The van der Waals surface area contributed by atoms with E-state index >= 15 is 0 Å². The van der Waals surface area contributed by atoms with Crippen molar-refractivity contribution < 1.29 is 9.90 Å². The van der Waals surface area contributed by atoms with Crippen LogP contribution in [0.25, 0.3) is 0 Å². The van der Waals surface area contributed by atoms with Gasteiger partial charge in [0.2, 0.25) is 5.91 Å². The molecule has 3 N–H and O–H groups in total. The van der Waals surface area contributed by atoms with Gasteiger partial charge < -0.3 is 15.7 Å². The number of likely N-dealkylation sites (tertiary alicyclic amines) is 1. The Balaban J connectivity index is 1.92.